The standard InChI is InChI=1S/C24H28N4O3/c1-31-20-9-10-21-18(16-20)6-5-11-24(21)22(29)28(23(30)25-24)17-26-12-14-27(15-13-26)19-7-3-2-4-8-19/h2-4,7-10,16H,5-6,11-15,17H2,1H3,(H,25,30)/t24-/m0/s1. The number of benzene rings is 2. The molecule has 0 bridgehead atoms. The monoisotopic (exact) mass is 420 g/mol. The Hall–Kier alpha value is -3.06. The van der Waals surface area contributed by atoms with Gasteiger partial charge in [0, 0.05) is 31.9 Å². The molecule has 0 unspecified atom stereocenters. The average Bonchev–Trinajstić information content (AvgIpc) is 3.04. The topological polar surface area (TPSA) is 65.1 Å². The van der Waals surface area contributed by atoms with E-state index in [-0.39, 0.29) is 11.9 Å². The Labute approximate surface area is 182 Å². The summed E-state index contributed by atoms with van der Waals surface area (Å²) >= 11 is 0. The Morgan fingerprint density at radius 1 is 1.03 bits per heavy atom. The van der Waals surface area contributed by atoms with Crippen LogP contribution in [0.25, 0.3) is 0 Å². The van der Waals surface area contributed by atoms with Crippen LogP contribution in [0.2, 0.25) is 0 Å². The zero-order chi connectivity index (χ0) is 21.4. The first-order chi connectivity index (χ1) is 15.1. The molecule has 1 atom stereocenters. The van der Waals surface area contributed by atoms with Crippen molar-refractivity contribution in [3.8, 4) is 5.75 Å². The van der Waals surface area contributed by atoms with Crippen LogP contribution in [0.15, 0.2) is 48.5 Å². The van der Waals surface area contributed by atoms with Gasteiger partial charge in [-0.1, -0.05) is 24.3 Å². The van der Waals surface area contributed by atoms with Crippen molar-refractivity contribution in [1.29, 1.82) is 0 Å². The van der Waals surface area contributed by atoms with Crippen molar-refractivity contribution in [2.75, 3.05) is 44.9 Å². The van der Waals surface area contributed by atoms with E-state index in [1.807, 2.05) is 36.4 Å². The van der Waals surface area contributed by atoms with Crippen molar-refractivity contribution in [2.24, 2.45) is 0 Å². The van der Waals surface area contributed by atoms with E-state index < -0.39 is 5.54 Å². The Kier molecular flexibility index (Phi) is 5.06. The van der Waals surface area contributed by atoms with Crippen molar-refractivity contribution in [3.05, 3.63) is 59.7 Å². The molecule has 1 aliphatic carbocycles. The number of nitrogens with one attached hydrogen (secondary N) is 1. The van der Waals surface area contributed by atoms with Gasteiger partial charge in [0.1, 0.15) is 11.3 Å². The summed E-state index contributed by atoms with van der Waals surface area (Å²) in [5.74, 6) is 0.648. The highest BCUT2D eigenvalue weighted by Gasteiger charge is 2.54. The second-order valence-corrected chi connectivity index (χ2v) is 8.53. The number of piperazine rings is 1. The number of urea groups is 1. The molecule has 2 fully saturated rings. The molecule has 3 amide bonds. The normalized spacial score (nSPS) is 23.8. The van der Waals surface area contributed by atoms with Gasteiger partial charge in [-0.15, -0.1) is 0 Å². The maximum absolute atomic E-state index is 13.5. The summed E-state index contributed by atoms with van der Waals surface area (Å²) in [6.07, 6.45) is 2.38. The highest BCUT2D eigenvalue weighted by Crippen LogP contribution is 2.41. The van der Waals surface area contributed by atoms with Gasteiger partial charge in [0.25, 0.3) is 5.91 Å². The SMILES string of the molecule is COc1ccc2c(c1)CCC[C@]21NC(=O)N(CN2CCN(c3ccccc3)CC2)C1=O. The molecule has 2 heterocycles. The largest absolute Gasteiger partial charge is 0.497 e. The number of nitrogens with zero attached hydrogens (tertiary/aromatic N) is 3. The van der Waals surface area contributed by atoms with Crippen molar-refractivity contribution in [1.82, 2.24) is 15.1 Å². The lowest BCUT2D eigenvalue weighted by Crippen LogP contribution is -2.52. The molecule has 0 saturated carbocycles. The number of hydrogen-bond acceptors (Lipinski definition) is 5. The predicted octanol–water partition coefficient (Wildman–Crippen LogP) is 2.56. The van der Waals surface area contributed by atoms with Gasteiger partial charge in [-0.3, -0.25) is 9.69 Å². The van der Waals surface area contributed by atoms with Gasteiger partial charge in [-0.25, -0.2) is 9.69 Å². The van der Waals surface area contributed by atoms with Crippen LogP contribution in [0.1, 0.15) is 24.0 Å². The lowest BCUT2D eigenvalue weighted by Gasteiger charge is -2.37. The molecule has 2 saturated heterocycles. The summed E-state index contributed by atoms with van der Waals surface area (Å²) < 4.78 is 5.35. The van der Waals surface area contributed by atoms with Gasteiger partial charge in [0.05, 0.1) is 13.8 Å². The van der Waals surface area contributed by atoms with E-state index in [9.17, 15) is 9.59 Å². The summed E-state index contributed by atoms with van der Waals surface area (Å²) in [6.45, 7) is 3.71. The van der Waals surface area contributed by atoms with Crippen molar-refractivity contribution in [2.45, 2.75) is 24.8 Å². The maximum Gasteiger partial charge on any atom is 0.326 e. The van der Waals surface area contributed by atoms with Gasteiger partial charge in [-0.05, 0) is 54.7 Å². The van der Waals surface area contributed by atoms with Crippen LogP contribution in [-0.2, 0) is 16.8 Å². The van der Waals surface area contributed by atoms with Crippen LogP contribution in [0.4, 0.5) is 10.5 Å². The number of methoxy groups -OCH3 is 1. The van der Waals surface area contributed by atoms with Crippen LogP contribution in [-0.4, -0.2) is 61.7 Å². The lowest BCUT2D eigenvalue weighted by molar-refractivity contribution is -0.133. The van der Waals surface area contributed by atoms with E-state index in [0.29, 0.717) is 13.1 Å². The number of carbonyl (C=O) groups is 2. The van der Waals surface area contributed by atoms with E-state index in [1.165, 1.54) is 10.6 Å². The zero-order valence-electron chi connectivity index (χ0n) is 17.8. The van der Waals surface area contributed by atoms with E-state index in [0.717, 1.165) is 55.9 Å². The number of anilines is 1. The number of fused-ring (bicyclic) bond motifs is 2. The fourth-order valence-electron chi connectivity index (χ4n) is 5.09. The minimum atomic E-state index is -0.942. The average molecular weight is 421 g/mol. The number of ether oxygens (including phenoxy) is 1. The van der Waals surface area contributed by atoms with Gasteiger partial charge in [-0.2, -0.15) is 0 Å². The van der Waals surface area contributed by atoms with Crippen molar-refractivity contribution in [3.63, 3.8) is 0 Å². The smallest absolute Gasteiger partial charge is 0.326 e. The second kappa shape index (κ2) is 7.89. The number of rotatable bonds is 4. The highest BCUT2D eigenvalue weighted by molar-refractivity contribution is 6.07. The van der Waals surface area contributed by atoms with Gasteiger partial charge >= 0.3 is 6.03 Å². The summed E-state index contributed by atoms with van der Waals surface area (Å²) in [6, 6.07) is 15.9. The fraction of sp³-hybridized carbons (Fsp3) is 0.417. The predicted molar refractivity (Wildman–Crippen MR) is 118 cm³/mol. The number of imide groups is 1. The van der Waals surface area contributed by atoms with E-state index in [2.05, 4.69) is 27.2 Å². The number of para-hydroxylation sites is 1. The third kappa shape index (κ3) is 3.43. The number of aryl methyl sites for hydroxylation is 1. The molecule has 7 heteroatoms. The molecule has 2 aliphatic heterocycles. The van der Waals surface area contributed by atoms with E-state index >= 15 is 0 Å². The highest BCUT2D eigenvalue weighted by atomic mass is 16.5. The molecular weight excluding hydrogens is 392 g/mol. The molecule has 31 heavy (non-hydrogen) atoms. The first-order valence-corrected chi connectivity index (χ1v) is 10.9. The molecule has 2 aromatic carbocycles. The van der Waals surface area contributed by atoms with Crippen LogP contribution >= 0.6 is 0 Å². The number of hydrogen-bond donors (Lipinski definition) is 1. The van der Waals surface area contributed by atoms with Gasteiger partial charge < -0.3 is 15.0 Å². The molecule has 5 rings (SSSR count). The molecule has 0 radical (unpaired) electrons. The molecule has 162 valence electrons. The Balaban J connectivity index is 1.30. The molecule has 3 aliphatic rings. The number of carbonyl (C=O) groups excluding carboxylic acids is 2. The molecule has 1 N–H and O–H groups in total. The maximum atomic E-state index is 13.5. The zero-order valence-corrected chi connectivity index (χ0v) is 17.8. The first kappa shape index (κ1) is 19.9. The summed E-state index contributed by atoms with van der Waals surface area (Å²) in [5, 5.41) is 3.05. The Morgan fingerprint density at radius 2 is 1.81 bits per heavy atom. The Bertz CT molecular complexity index is 988. The molecular formula is C24H28N4O3. The second-order valence-electron chi connectivity index (χ2n) is 8.53. The fourth-order valence-corrected chi connectivity index (χ4v) is 5.09. The minimum Gasteiger partial charge on any atom is -0.497 e. The molecule has 7 nitrogen and oxygen atoms in total. The van der Waals surface area contributed by atoms with Crippen molar-refractivity contribution < 1.29 is 14.3 Å². The van der Waals surface area contributed by atoms with Gasteiger partial charge in [0.15, 0.2) is 0 Å². The lowest BCUT2D eigenvalue weighted by atomic mass is 9.76. The van der Waals surface area contributed by atoms with E-state index in [4.69, 9.17) is 4.74 Å². The van der Waals surface area contributed by atoms with Crippen LogP contribution in [0.5, 0.6) is 5.75 Å². The minimum absolute atomic E-state index is 0.130. The first-order valence-electron chi connectivity index (χ1n) is 10.9. The van der Waals surface area contributed by atoms with Crippen LogP contribution in [0, 0.1) is 0 Å². The summed E-state index contributed by atoms with van der Waals surface area (Å²) in [7, 11) is 1.64. The van der Waals surface area contributed by atoms with Crippen LogP contribution in [0.3, 0.4) is 0 Å². The molecule has 0 aromatic heterocycles. The molecule has 1 spiro atoms. The third-order valence-corrected chi connectivity index (χ3v) is 6.78. The van der Waals surface area contributed by atoms with Crippen LogP contribution < -0.4 is 15.0 Å². The van der Waals surface area contributed by atoms with E-state index in [1.54, 1.807) is 7.11 Å². The molecule has 2 aromatic rings. The van der Waals surface area contributed by atoms with Gasteiger partial charge in [0.2, 0.25) is 0 Å². The number of amides is 3. The summed E-state index contributed by atoms with van der Waals surface area (Å²) in [4.78, 5) is 32.4. The van der Waals surface area contributed by atoms with Crippen molar-refractivity contribution >= 4 is 17.6 Å². The Morgan fingerprint density at radius 3 is 2.55 bits per heavy atom. The third-order valence-electron chi connectivity index (χ3n) is 6.78. The summed E-state index contributed by atoms with van der Waals surface area (Å²) in [5.41, 5.74) is 2.26. The quantitative estimate of drug-likeness (QED) is 0.771.